The standard InChI is InChI=1S/C14H28N4O3.2ClH/c1-11(2)13(15)14(20)16-10-12(19)18-6-4-17(5-7-18)8-9-21-3;;/h11,13H,4-10,15H2,1-3H3,(H,16,20);2*1H/t13-;;/m0../s1. The van der Waals surface area contributed by atoms with Crippen LogP contribution in [0.5, 0.6) is 0 Å². The number of nitrogens with two attached hydrogens (primary N) is 1. The number of carbonyl (C=O) groups is 2. The largest absolute Gasteiger partial charge is 0.383 e. The van der Waals surface area contributed by atoms with E-state index in [9.17, 15) is 9.59 Å². The SMILES string of the molecule is COCCN1CCN(C(=O)CNC(=O)[C@@H](N)C(C)C)CC1.Cl.Cl. The van der Waals surface area contributed by atoms with Crippen molar-refractivity contribution in [3.05, 3.63) is 0 Å². The molecule has 9 heteroatoms. The van der Waals surface area contributed by atoms with Crippen molar-refractivity contribution in [2.75, 3.05) is 53.0 Å². The fourth-order valence-electron chi connectivity index (χ4n) is 2.14. The predicted molar refractivity (Wildman–Crippen MR) is 95.2 cm³/mol. The molecule has 1 aliphatic heterocycles. The van der Waals surface area contributed by atoms with E-state index in [4.69, 9.17) is 10.5 Å². The number of hydrogen-bond donors (Lipinski definition) is 2. The zero-order valence-electron chi connectivity index (χ0n) is 14.1. The summed E-state index contributed by atoms with van der Waals surface area (Å²) in [5.74, 6) is -0.257. The van der Waals surface area contributed by atoms with Crippen molar-refractivity contribution >= 4 is 36.6 Å². The molecule has 23 heavy (non-hydrogen) atoms. The average molecular weight is 373 g/mol. The van der Waals surface area contributed by atoms with Crippen molar-refractivity contribution in [3.8, 4) is 0 Å². The molecule has 0 radical (unpaired) electrons. The molecule has 3 N–H and O–H groups in total. The van der Waals surface area contributed by atoms with Gasteiger partial charge in [0.15, 0.2) is 0 Å². The predicted octanol–water partition coefficient (Wildman–Crippen LogP) is -0.280. The van der Waals surface area contributed by atoms with Gasteiger partial charge < -0.3 is 20.7 Å². The van der Waals surface area contributed by atoms with E-state index in [-0.39, 0.29) is 49.1 Å². The van der Waals surface area contributed by atoms with E-state index in [1.54, 1.807) is 12.0 Å². The van der Waals surface area contributed by atoms with Crippen molar-refractivity contribution in [2.45, 2.75) is 19.9 Å². The summed E-state index contributed by atoms with van der Waals surface area (Å²) in [7, 11) is 1.68. The molecule has 1 aliphatic rings. The third-order valence-corrected chi connectivity index (χ3v) is 3.77. The monoisotopic (exact) mass is 372 g/mol. The average Bonchev–Trinajstić information content (AvgIpc) is 2.49. The Morgan fingerprint density at radius 1 is 1.17 bits per heavy atom. The number of amides is 2. The number of hydrogen-bond acceptors (Lipinski definition) is 5. The molecule has 0 saturated carbocycles. The zero-order chi connectivity index (χ0) is 15.8. The molecule has 1 atom stereocenters. The molecule has 1 heterocycles. The molecular weight excluding hydrogens is 343 g/mol. The lowest BCUT2D eigenvalue weighted by Crippen LogP contribution is -2.53. The van der Waals surface area contributed by atoms with Crippen molar-refractivity contribution in [1.29, 1.82) is 0 Å². The first-order chi connectivity index (χ1) is 9.95. The number of ether oxygens (including phenoxy) is 1. The second-order valence-electron chi connectivity index (χ2n) is 5.70. The summed E-state index contributed by atoms with van der Waals surface area (Å²) in [4.78, 5) is 27.8. The molecule has 0 aliphatic carbocycles. The van der Waals surface area contributed by atoms with E-state index in [1.807, 2.05) is 13.8 Å². The zero-order valence-corrected chi connectivity index (χ0v) is 15.8. The molecule has 0 unspecified atom stereocenters. The van der Waals surface area contributed by atoms with Crippen LogP contribution in [0, 0.1) is 5.92 Å². The lowest BCUT2D eigenvalue weighted by Gasteiger charge is -2.34. The summed E-state index contributed by atoms with van der Waals surface area (Å²) in [6.45, 7) is 8.44. The quantitative estimate of drug-likeness (QED) is 0.641. The maximum atomic E-state index is 12.0. The van der Waals surface area contributed by atoms with Crippen LogP contribution >= 0.6 is 24.8 Å². The second kappa shape index (κ2) is 12.8. The highest BCUT2D eigenvalue weighted by Crippen LogP contribution is 2.02. The Hall–Kier alpha value is -0.600. The van der Waals surface area contributed by atoms with Crippen molar-refractivity contribution in [1.82, 2.24) is 15.1 Å². The summed E-state index contributed by atoms with van der Waals surface area (Å²) in [6, 6.07) is -0.566. The molecule has 0 spiro atoms. The van der Waals surface area contributed by atoms with Crippen molar-refractivity contribution in [3.63, 3.8) is 0 Å². The van der Waals surface area contributed by atoms with Crippen molar-refractivity contribution < 1.29 is 14.3 Å². The van der Waals surface area contributed by atoms with Gasteiger partial charge >= 0.3 is 0 Å². The van der Waals surface area contributed by atoms with Gasteiger partial charge in [-0.25, -0.2) is 0 Å². The van der Waals surface area contributed by atoms with Crippen LogP contribution in [0.2, 0.25) is 0 Å². The number of carbonyl (C=O) groups excluding carboxylic acids is 2. The van der Waals surface area contributed by atoms with Gasteiger partial charge in [-0.3, -0.25) is 14.5 Å². The fraction of sp³-hybridized carbons (Fsp3) is 0.857. The maximum absolute atomic E-state index is 12.0. The maximum Gasteiger partial charge on any atom is 0.242 e. The van der Waals surface area contributed by atoms with E-state index in [1.165, 1.54) is 0 Å². The van der Waals surface area contributed by atoms with Gasteiger partial charge in [-0.05, 0) is 5.92 Å². The smallest absolute Gasteiger partial charge is 0.242 e. The third-order valence-electron chi connectivity index (χ3n) is 3.77. The number of halogens is 2. The Kier molecular flexibility index (Phi) is 13.7. The van der Waals surface area contributed by atoms with Gasteiger partial charge in [-0.2, -0.15) is 0 Å². The molecule has 1 fully saturated rings. The fourth-order valence-corrected chi connectivity index (χ4v) is 2.14. The molecule has 1 rings (SSSR count). The van der Waals surface area contributed by atoms with E-state index in [2.05, 4.69) is 10.2 Å². The number of nitrogens with one attached hydrogen (secondary N) is 1. The van der Waals surface area contributed by atoms with Crippen LogP contribution in [0.15, 0.2) is 0 Å². The Morgan fingerprint density at radius 3 is 2.22 bits per heavy atom. The number of rotatable bonds is 7. The van der Waals surface area contributed by atoms with Gasteiger partial charge in [-0.15, -0.1) is 24.8 Å². The summed E-state index contributed by atoms with van der Waals surface area (Å²) in [6.07, 6.45) is 0. The van der Waals surface area contributed by atoms with Crippen LogP contribution in [0.4, 0.5) is 0 Å². The minimum Gasteiger partial charge on any atom is -0.383 e. The Labute approximate surface area is 151 Å². The summed E-state index contributed by atoms with van der Waals surface area (Å²) >= 11 is 0. The first-order valence-corrected chi connectivity index (χ1v) is 7.48. The van der Waals surface area contributed by atoms with Gasteiger partial charge in [0.25, 0.3) is 0 Å². The third kappa shape index (κ3) is 8.72. The van der Waals surface area contributed by atoms with E-state index >= 15 is 0 Å². The normalized spacial score (nSPS) is 16.3. The van der Waals surface area contributed by atoms with Crippen LogP contribution in [0.1, 0.15) is 13.8 Å². The molecule has 0 aromatic carbocycles. The van der Waals surface area contributed by atoms with Crippen LogP contribution in [-0.2, 0) is 14.3 Å². The lowest BCUT2D eigenvalue weighted by atomic mass is 10.1. The second-order valence-corrected chi connectivity index (χ2v) is 5.70. The highest BCUT2D eigenvalue weighted by molar-refractivity contribution is 5.87. The molecular formula is C14H30Cl2N4O3. The van der Waals surface area contributed by atoms with Gasteiger partial charge in [0.2, 0.25) is 11.8 Å². The van der Waals surface area contributed by atoms with E-state index in [0.717, 1.165) is 19.6 Å². The molecule has 0 aromatic heterocycles. The summed E-state index contributed by atoms with van der Waals surface area (Å²) in [5.41, 5.74) is 5.73. The molecule has 138 valence electrons. The van der Waals surface area contributed by atoms with Crippen LogP contribution in [-0.4, -0.2) is 80.6 Å². The summed E-state index contributed by atoms with van der Waals surface area (Å²) < 4.78 is 5.04. The molecule has 7 nitrogen and oxygen atoms in total. The van der Waals surface area contributed by atoms with Crippen LogP contribution in [0.25, 0.3) is 0 Å². The van der Waals surface area contributed by atoms with Gasteiger partial charge in [0.05, 0.1) is 19.2 Å². The number of nitrogens with zero attached hydrogens (tertiary/aromatic N) is 2. The first-order valence-electron chi connectivity index (χ1n) is 7.48. The number of methoxy groups -OCH3 is 1. The van der Waals surface area contributed by atoms with E-state index in [0.29, 0.717) is 19.7 Å². The lowest BCUT2D eigenvalue weighted by molar-refractivity contribution is -0.134. The minimum absolute atomic E-state index is 0. The van der Waals surface area contributed by atoms with Crippen LogP contribution < -0.4 is 11.1 Å². The topological polar surface area (TPSA) is 87.9 Å². The first kappa shape index (κ1) is 24.6. The van der Waals surface area contributed by atoms with Gasteiger partial charge in [0.1, 0.15) is 0 Å². The van der Waals surface area contributed by atoms with E-state index < -0.39 is 6.04 Å². The Morgan fingerprint density at radius 2 is 1.74 bits per heavy atom. The van der Waals surface area contributed by atoms with Crippen LogP contribution in [0.3, 0.4) is 0 Å². The molecule has 0 aromatic rings. The van der Waals surface area contributed by atoms with Gasteiger partial charge in [-0.1, -0.05) is 13.8 Å². The highest BCUT2D eigenvalue weighted by atomic mass is 35.5. The number of piperazine rings is 1. The molecule has 2 amide bonds. The minimum atomic E-state index is -0.566. The Bertz CT molecular complexity index is 351. The summed E-state index contributed by atoms with van der Waals surface area (Å²) in [5, 5.41) is 2.62. The van der Waals surface area contributed by atoms with Crippen molar-refractivity contribution in [2.24, 2.45) is 11.7 Å². The van der Waals surface area contributed by atoms with Gasteiger partial charge in [0, 0.05) is 39.8 Å². The molecule has 0 bridgehead atoms. The highest BCUT2D eigenvalue weighted by Gasteiger charge is 2.22. The molecule has 1 saturated heterocycles. The Balaban J connectivity index is 0.